The summed E-state index contributed by atoms with van der Waals surface area (Å²) in [6.07, 6.45) is 3.09. The van der Waals surface area contributed by atoms with Gasteiger partial charge in [-0.15, -0.1) is 10.2 Å². The Hall–Kier alpha value is -4.20. The number of halogens is 4. The van der Waals surface area contributed by atoms with E-state index in [9.17, 15) is 17.6 Å². The smallest absolute Gasteiger partial charge is 0.199 e. The number of fused-ring (bicyclic) bond motifs is 2. The van der Waals surface area contributed by atoms with E-state index in [0.29, 0.717) is 50.8 Å². The van der Waals surface area contributed by atoms with E-state index in [0.717, 1.165) is 0 Å². The van der Waals surface area contributed by atoms with Crippen LogP contribution in [-0.4, -0.2) is 107 Å². The number of methoxy groups -OCH3 is 2. The lowest BCUT2D eigenvalue weighted by molar-refractivity contribution is 0.000972. The van der Waals surface area contributed by atoms with Crippen molar-refractivity contribution in [3.63, 3.8) is 0 Å². The van der Waals surface area contributed by atoms with Gasteiger partial charge >= 0.3 is 0 Å². The first-order chi connectivity index (χ1) is 22.4. The van der Waals surface area contributed by atoms with Crippen LogP contribution in [0.4, 0.5) is 17.6 Å². The number of benzene rings is 2. The summed E-state index contributed by atoms with van der Waals surface area (Å²) in [5.41, 5.74) is -0.419. The molecule has 0 fully saturated rings. The Kier molecular flexibility index (Phi) is 11.4. The molecule has 0 spiro atoms. The summed E-state index contributed by atoms with van der Waals surface area (Å²) in [7, 11) is 3.15. The summed E-state index contributed by atoms with van der Waals surface area (Å²) in [6, 6.07) is 3.19. The summed E-state index contributed by atoms with van der Waals surface area (Å²) < 4.78 is 92.4. The van der Waals surface area contributed by atoms with Gasteiger partial charge in [0.1, 0.15) is 35.9 Å². The van der Waals surface area contributed by atoms with Crippen LogP contribution in [0.1, 0.15) is 0 Å². The van der Waals surface area contributed by atoms with E-state index < -0.39 is 34.3 Å². The number of hydrogen-bond acceptors (Lipinski definition) is 12. The quantitative estimate of drug-likeness (QED) is 0.0452. The van der Waals surface area contributed by atoms with E-state index in [1.807, 2.05) is 0 Å². The first-order valence-corrected chi connectivity index (χ1v) is 14.0. The van der Waals surface area contributed by atoms with Gasteiger partial charge in [-0.3, -0.25) is 0 Å². The molecule has 0 bridgehead atoms. The molecule has 0 aliphatic rings. The summed E-state index contributed by atoms with van der Waals surface area (Å²) in [6.45, 7) is 3.15. The fourth-order valence-electron chi connectivity index (χ4n) is 4.27. The molecule has 0 aliphatic carbocycles. The molecule has 46 heavy (non-hydrogen) atoms. The van der Waals surface area contributed by atoms with Gasteiger partial charge in [0.25, 0.3) is 0 Å². The van der Waals surface area contributed by atoms with Gasteiger partial charge in [0.15, 0.2) is 23.3 Å². The van der Waals surface area contributed by atoms with Gasteiger partial charge in [0.2, 0.25) is 0 Å². The molecule has 14 nitrogen and oxygen atoms in total. The number of hydrogen-bond donors (Lipinski definition) is 0. The Labute approximate surface area is 259 Å². The van der Waals surface area contributed by atoms with Crippen molar-refractivity contribution < 1.29 is 46.0 Å². The minimum Gasteiger partial charge on any atom is -0.382 e. The van der Waals surface area contributed by atoms with Crippen molar-refractivity contribution in [2.24, 2.45) is 0 Å². The number of aromatic nitrogens is 8. The molecule has 0 aliphatic heterocycles. The molecular weight excluding hydrogens is 620 g/mol. The predicted molar refractivity (Wildman–Crippen MR) is 152 cm³/mol. The number of ether oxygens (including phenoxy) is 6. The summed E-state index contributed by atoms with van der Waals surface area (Å²) in [5.74, 6) is -7.37. The molecular formula is C28H30F4N8O6. The lowest BCUT2D eigenvalue weighted by Crippen LogP contribution is -2.10. The molecule has 246 valence electrons. The molecule has 0 saturated carbocycles. The third-order valence-electron chi connectivity index (χ3n) is 6.50. The third kappa shape index (κ3) is 7.60. The number of rotatable bonds is 18. The Morgan fingerprint density at radius 2 is 0.913 bits per heavy atom. The normalized spacial score (nSPS) is 11.8. The van der Waals surface area contributed by atoms with Crippen molar-refractivity contribution >= 4 is 22.1 Å². The van der Waals surface area contributed by atoms with Crippen molar-refractivity contribution in [2.75, 3.05) is 67.1 Å². The molecule has 3 heterocycles. The first kappa shape index (κ1) is 33.2. The monoisotopic (exact) mass is 650 g/mol. The molecule has 18 heteroatoms. The van der Waals surface area contributed by atoms with Crippen molar-refractivity contribution in [1.82, 2.24) is 40.0 Å². The number of nitrogens with zero attached hydrogens (tertiary/aromatic N) is 8. The van der Waals surface area contributed by atoms with Gasteiger partial charge < -0.3 is 28.4 Å². The molecule has 0 unspecified atom stereocenters. The Morgan fingerprint density at radius 3 is 1.33 bits per heavy atom. The molecule has 2 aromatic carbocycles. The van der Waals surface area contributed by atoms with Crippen LogP contribution >= 0.6 is 0 Å². The average Bonchev–Trinajstić information content (AvgIpc) is 3.74. The fourth-order valence-corrected chi connectivity index (χ4v) is 4.27. The van der Waals surface area contributed by atoms with Crippen LogP contribution in [0, 0.1) is 23.3 Å². The Balaban J connectivity index is 1.43. The molecule has 0 radical (unpaired) electrons. The molecule has 0 N–H and O–H groups in total. The molecule has 0 atom stereocenters. The summed E-state index contributed by atoms with van der Waals surface area (Å²) >= 11 is 0. The second-order valence-electron chi connectivity index (χ2n) is 9.61. The topological polar surface area (TPSA) is 143 Å². The van der Waals surface area contributed by atoms with Gasteiger partial charge in [0, 0.05) is 25.3 Å². The average molecular weight is 651 g/mol. The lowest BCUT2D eigenvalue weighted by atomic mass is 10.0. The van der Waals surface area contributed by atoms with Gasteiger partial charge in [-0.2, -0.15) is 0 Å². The fraction of sp³-hybridized carbons (Fsp3) is 0.429. The third-order valence-corrected chi connectivity index (χ3v) is 6.50. The molecule has 0 saturated heterocycles. The first-order valence-electron chi connectivity index (χ1n) is 14.0. The maximum absolute atomic E-state index is 14.8. The van der Waals surface area contributed by atoms with Crippen molar-refractivity contribution in [3.05, 3.63) is 47.8 Å². The van der Waals surface area contributed by atoms with Crippen LogP contribution < -0.4 is 0 Å². The highest BCUT2D eigenvalue weighted by Crippen LogP contribution is 2.35. The molecule has 3 aromatic heterocycles. The SMILES string of the molecule is COCCOCCOCn1cc(-c2ccc(-c3cn(COCCOCCOC)nn3)c3nc4c(F)c(F)c(F)c(F)c4nc23)nn1. The predicted octanol–water partition coefficient (Wildman–Crippen LogP) is 3.13. The highest BCUT2D eigenvalue weighted by molar-refractivity contribution is 6.02. The van der Waals surface area contributed by atoms with Crippen LogP contribution in [-0.2, 0) is 41.9 Å². The Bertz CT molecular complexity index is 1650. The highest BCUT2D eigenvalue weighted by Gasteiger charge is 2.25. The summed E-state index contributed by atoms with van der Waals surface area (Å²) in [5, 5.41) is 16.4. The van der Waals surface area contributed by atoms with Crippen LogP contribution in [0.25, 0.3) is 44.6 Å². The van der Waals surface area contributed by atoms with E-state index >= 15 is 0 Å². The van der Waals surface area contributed by atoms with E-state index in [1.54, 1.807) is 38.7 Å². The van der Waals surface area contributed by atoms with Crippen LogP contribution in [0.3, 0.4) is 0 Å². The van der Waals surface area contributed by atoms with Crippen LogP contribution in [0.2, 0.25) is 0 Å². The van der Waals surface area contributed by atoms with Crippen molar-refractivity contribution in [3.8, 4) is 22.5 Å². The van der Waals surface area contributed by atoms with E-state index in [-0.39, 0.29) is 49.1 Å². The Morgan fingerprint density at radius 1 is 0.522 bits per heavy atom. The largest absolute Gasteiger partial charge is 0.382 e. The van der Waals surface area contributed by atoms with E-state index in [4.69, 9.17) is 28.4 Å². The molecule has 0 amide bonds. The second-order valence-corrected chi connectivity index (χ2v) is 9.61. The van der Waals surface area contributed by atoms with Gasteiger partial charge in [-0.25, -0.2) is 36.9 Å². The minimum atomic E-state index is -2.00. The molecule has 5 rings (SSSR count). The maximum atomic E-state index is 14.8. The van der Waals surface area contributed by atoms with Crippen molar-refractivity contribution in [2.45, 2.75) is 13.5 Å². The van der Waals surface area contributed by atoms with Gasteiger partial charge in [0.05, 0.1) is 76.3 Å². The minimum absolute atomic E-state index is 0.00725. The molecule has 5 aromatic rings. The van der Waals surface area contributed by atoms with E-state index in [2.05, 4.69) is 30.6 Å². The van der Waals surface area contributed by atoms with Crippen molar-refractivity contribution in [1.29, 1.82) is 0 Å². The van der Waals surface area contributed by atoms with Crippen LogP contribution in [0.15, 0.2) is 24.5 Å². The summed E-state index contributed by atoms with van der Waals surface area (Å²) in [4.78, 5) is 8.40. The zero-order valence-corrected chi connectivity index (χ0v) is 24.9. The van der Waals surface area contributed by atoms with Crippen LogP contribution in [0.5, 0.6) is 0 Å². The highest BCUT2D eigenvalue weighted by atomic mass is 19.2. The lowest BCUT2D eigenvalue weighted by Gasteiger charge is -2.10. The second kappa shape index (κ2) is 15.9. The van der Waals surface area contributed by atoms with Gasteiger partial charge in [-0.1, -0.05) is 10.4 Å². The zero-order valence-electron chi connectivity index (χ0n) is 24.9. The standard InChI is InChI=1S/C28H30F4N8O6/c1-41-5-7-43-9-11-45-15-39-13-19(35-37-39)17-3-4-18(20-14-40(38-36-20)16-46-12-10-44-8-6-42-2)26-25(17)33-27-23(31)21(29)22(30)24(32)28(27)34-26/h3-4,13-14H,5-12,15-16H2,1-2H3. The zero-order chi connectivity index (χ0) is 32.5. The van der Waals surface area contributed by atoms with Gasteiger partial charge in [-0.05, 0) is 12.1 Å². The van der Waals surface area contributed by atoms with E-state index in [1.165, 1.54) is 9.36 Å². The maximum Gasteiger partial charge on any atom is 0.199 e.